The number of carboxylic acids is 1. The van der Waals surface area contributed by atoms with E-state index >= 15 is 0 Å². The minimum Gasteiger partial charge on any atom is -0.481 e. The van der Waals surface area contributed by atoms with Crippen LogP contribution in [0.15, 0.2) is 12.4 Å². The summed E-state index contributed by atoms with van der Waals surface area (Å²) in [5, 5.41) is 18.8. The Bertz CT molecular complexity index is 513. The van der Waals surface area contributed by atoms with Crippen LogP contribution in [-0.2, 0) is 18.4 Å². The van der Waals surface area contributed by atoms with Gasteiger partial charge in [0.2, 0.25) is 0 Å². The van der Waals surface area contributed by atoms with Crippen LogP contribution in [0.2, 0.25) is 0 Å². The lowest BCUT2D eigenvalue weighted by molar-refractivity contribution is -0.148. The van der Waals surface area contributed by atoms with Crippen molar-refractivity contribution >= 4 is 12.0 Å². The molecule has 2 amide bonds. The molecule has 0 saturated heterocycles. The van der Waals surface area contributed by atoms with E-state index in [1.54, 1.807) is 24.9 Å². The number of nitrogens with zero attached hydrogens (tertiary/aromatic N) is 2. The van der Waals surface area contributed by atoms with Crippen LogP contribution in [0.5, 0.6) is 0 Å². The number of aryl methyl sites for hydroxylation is 1. The van der Waals surface area contributed by atoms with Crippen LogP contribution in [0.4, 0.5) is 4.79 Å². The lowest BCUT2D eigenvalue weighted by Gasteiger charge is -2.27. The number of carboxylic acid groups (broad SMARTS) is 1. The molecule has 1 aliphatic carbocycles. The average molecular weight is 280 g/mol. The highest BCUT2D eigenvalue weighted by Gasteiger charge is 2.45. The van der Waals surface area contributed by atoms with Crippen LogP contribution in [0, 0.1) is 5.41 Å². The molecule has 0 spiro atoms. The number of hydrogen-bond donors (Lipinski definition) is 3. The van der Waals surface area contributed by atoms with Gasteiger partial charge in [0, 0.05) is 31.4 Å². The van der Waals surface area contributed by atoms with E-state index in [4.69, 9.17) is 0 Å². The molecule has 0 bridgehead atoms. The third kappa shape index (κ3) is 2.92. The second kappa shape index (κ2) is 5.52. The van der Waals surface area contributed by atoms with Crippen LogP contribution in [0.3, 0.4) is 0 Å². The maximum Gasteiger partial charge on any atom is 0.315 e. The number of hydrogen-bond acceptors (Lipinski definition) is 3. The molecular weight excluding hydrogens is 260 g/mol. The molecule has 1 saturated carbocycles. The van der Waals surface area contributed by atoms with Gasteiger partial charge in [0.05, 0.1) is 11.6 Å². The standard InChI is InChI=1S/C13H20N4O3/c1-13(11(18)19)5-3-4-10(13)16-12(20)14-6-9-7-15-17(2)8-9/h7-8,10H,3-6H2,1-2H3,(H,18,19)(H2,14,16,20). The fraction of sp³-hybridized carbons (Fsp3) is 0.615. The topological polar surface area (TPSA) is 96.2 Å². The van der Waals surface area contributed by atoms with Gasteiger partial charge in [-0.05, 0) is 19.8 Å². The number of carbonyl (C=O) groups excluding carboxylic acids is 1. The zero-order chi connectivity index (χ0) is 14.8. The molecule has 7 nitrogen and oxygen atoms in total. The van der Waals surface area contributed by atoms with Gasteiger partial charge in [-0.1, -0.05) is 6.42 Å². The van der Waals surface area contributed by atoms with Crippen molar-refractivity contribution < 1.29 is 14.7 Å². The Balaban J connectivity index is 1.86. The molecule has 1 heterocycles. The van der Waals surface area contributed by atoms with E-state index in [0.29, 0.717) is 19.4 Å². The molecule has 0 aromatic carbocycles. The van der Waals surface area contributed by atoms with Crippen molar-refractivity contribution in [2.45, 2.75) is 38.8 Å². The van der Waals surface area contributed by atoms with Crippen molar-refractivity contribution in [3.8, 4) is 0 Å². The third-order valence-electron chi connectivity index (χ3n) is 3.96. The minimum absolute atomic E-state index is 0.325. The van der Waals surface area contributed by atoms with E-state index < -0.39 is 11.4 Å². The number of aliphatic carboxylic acids is 1. The van der Waals surface area contributed by atoms with Gasteiger partial charge < -0.3 is 15.7 Å². The van der Waals surface area contributed by atoms with Gasteiger partial charge in [0.1, 0.15) is 0 Å². The highest BCUT2D eigenvalue weighted by Crippen LogP contribution is 2.38. The molecule has 1 aromatic rings. The Labute approximate surface area is 117 Å². The maximum absolute atomic E-state index is 11.8. The summed E-state index contributed by atoms with van der Waals surface area (Å²) in [6, 6.07) is -0.665. The summed E-state index contributed by atoms with van der Waals surface area (Å²) in [5.74, 6) is -0.854. The lowest BCUT2D eigenvalue weighted by Crippen LogP contribution is -2.50. The zero-order valence-electron chi connectivity index (χ0n) is 11.7. The smallest absolute Gasteiger partial charge is 0.315 e. The monoisotopic (exact) mass is 280 g/mol. The molecule has 2 unspecified atom stereocenters. The molecule has 3 N–H and O–H groups in total. The van der Waals surface area contributed by atoms with Gasteiger partial charge in [0.15, 0.2) is 0 Å². The zero-order valence-corrected chi connectivity index (χ0v) is 11.7. The highest BCUT2D eigenvalue weighted by atomic mass is 16.4. The highest BCUT2D eigenvalue weighted by molar-refractivity contribution is 5.79. The molecule has 0 aliphatic heterocycles. The molecule has 7 heteroatoms. The first-order chi connectivity index (χ1) is 9.41. The summed E-state index contributed by atoms with van der Waals surface area (Å²) >= 11 is 0. The molecule has 110 valence electrons. The molecule has 1 aliphatic rings. The van der Waals surface area contributed by atoms with E-state index in [1.165, 1.54) is 0 Å². The van der Waals surface area contributed by atoms with Crippen LogP contribution in [0.1, 0.15) is 31.7 Å². The Morgan fingerprint density at radius 2 is 2.35 bits per heavy atom. The summed E-state index contributed by atoms with van der Waals surface area (Å²) in [5.41, 5.74) is 0.0288. The molecule has 20 heavy (non-hydrogen) atoms. The molecule has 1 fully saturated rings. The van der Waals surface area contributed by atoms with E-state index in [2.05, 4.69) is 15.7 Å². The van der Waals surface area contributed by atoms with Gasteiger partial charge in [-0.15, -0.1) is 0 Å². The molecule has 2 rings (SSSR count). The summed E-state index contributed by atoms with van der Waals surface area (Å²) < 4.78 is 1.66. The second-order valence-corrected chi connectivity index (χ2v) is 5.52. The van der Waals surface area contributed by atoms with Gasteiger partial charge in [-0.2, -0.15) is 5.10 Å². The molecular formula is C13H20N4O3. The Morgan fingerprint density at radius 3 is 2.95 bits per heavy atom. The van der Waals surface area contributed by atoms with Crippen molar-refractivity contribution in [1.29, 1.82) is 0 Å². The van der Waals surface area contributed by atoms with Crippen molar-refractivity contribution in [3.05, 3.63) is 18.0 Å². The first-order valence-electron chi connectivity index (χ1n) is 6.67. The first kappa shape index (κ1) is 14.4. The number of nitrogens with one attached hydrogen (secondary N) is 2. The van der Waals surface area contributed by atoms with Crippen molar-refractivity contribution in [3.63, 3.8) is 0 Å². The van der Waals surface area contributed by atoms with Crippen molar-refractivity contribution in [2.24, 2.45) is 12.5 Å². The number of aromatic nitrogens is 2. The number of rotatable bonds is 4. The van der Waals surface area contributed by atoms with Crippen molar-refractivity contribution in [1.82, 2.24) is 20.4 Å². The minimum atomic E-state index is -0.869. The lowest BCUT2D eigenvalue weighted by atomic mass is 9.85. The third-order valence-corrected chi connectivity index (χ3v) is 3.96. The van der Waals surface area contributed by atoms with Gasteiger partial charge in [0.25, 0.3) is 0 Å². The van der Waals surface area contributed by atoms with Crippen LogP contribution in [-0.4, -0.2) is 32.9 Å². The van der Waals surface area contributed by atoms with Crippen molar-refractivity contribution in [2.75, 3.05) is 0 Å². The van der Waals surface area contributed by atoms with E-state index in [9.17, 15) is 14.7 Å². The second-order valence-electron chi connectivity index (χ2n) is 5.52. The SMILES string of the molecule is Cn1cc(CNC(=O)NC2CCCC2(C)C(=O)O)cn1. The van der Waals surface area contributed by atoms with E-state index in [0.717, 1.165) is 12.0 Å². The number of urea groups is 1. The number of carbonyl (C=O) groups is 2. The van der Waals surface area contributed by atoms with Gasteiger partial charge >= 0.3 is 12.0 Å². The maximum atomic E-state index is 11.8. The molecule has 1 aromatic heterocycles. The normalized spacial score (nSPS) is 25.4. The van der Waals surface area contributed by atoms with Crippen LogP contribution >= 0.6 is 0 Å². The van der Waals surface area contributed by atoms with Crippen LogP contribution < -0.4 is 10.6 Å². The van der Waals surface area contributed by atoms with E-state index in [1.807, 2.05) is 6.20 Å². The van der Waals surface area contributed by atoms with E-state index in [-0.39, 0.29) is 12.1 Å². The summed E-state index contributed by atoms with van der Waals surface area (Å²) in [6.07, 6.45) is 5.60. The Morgan fingerprint density at radius 1 is 1.60 bits per heavy atom. The Hall–Kier alpha value is -2.05. The fourth-order valence-corrected chi connectivity index (χ4v) is 2.61. The summed E-state index contributed by atoms with van der Waals surface area (Å²) in [7, 11) is 1.81. The summed E-state index contributed by atoms with van der Waals surface area (Å²) in [4.78, 5) is 23.2. The quantitative estimate of drug-likeness (QED) is 0.762. The first-order valence-corrected chi connectivity index (χ1v) is 6.67. The largest absolute Gasteiger partial charge is 0.481 e. The van der Waals surface area contributed by atoms with Gasteiger partial charge in [-0.25, -0.2) is 4.79 Å². The fourth-order valence-electron chi connectivity index (χ4n) is 2.61. The van der Waals surface area contributed by atoms with Crippen LogP contribution in [0.25, 0.3) is 0 Å². The molecule has 2 atom stereocenters. The molecule has 0 radical (unpaired) electrons. The number of amides is 2. The predicted octanol–water partition coefficient (Wildman–Crippen LogP) is 0.863. The Kier molecular flexibility index (Phi) is 3.96. The average Bonchev–Trinajstić information content (AvgIpc) is 2.95. The summed E-state index contributed by atoms with van der Waals surface area (Å²) in [6.45, 7) is 2.06. The van der Waals surface area contributed by atoms with Gasteiger partial charge in [-0.3, -0.25) is 9.48 Å². The predicted molar refractivity (Wildman–Crippen MR) is 72.0 cm³/mol.